The van der Waals surface area contributed by atoms with Gasteiger partial charge in [0.1, 0.15) is 5.75 Å². The number of rotatable bonds is 4. The van der Waals surface area contributed by atoms with Crippen LogP contribution in [0.4, 0.5) is 5.69 Å². The summed E-state index contributed by atoms with van der Waals surface area (Å²) in [6.45, 7) is 4.71. The lowest BCUT2D eigenvalue weighted by Gasteiger charge is -2.17. The zero-order chi connectivity index (χ0) is 20.1. The molecule has 0 saturated carbocycles. The minimum absolute atomic E-state index is 0.0206. The lowest BCUT2D eigenvalue weighted by atomic mass is 10.1. The van der Waals surface area contributed by atoms with Gasteiger partial charge in [-0.2, -0.15) is 0 Å². The van der Waals surface area contributed by atoms with E-state index in [9.17, 15) is 9.59 Å². The molecule has 1 N–H and O–H groups in total. The maximum absolute atomic E-state index is 12.4. The Hall–Kier alpha value is -3.26. The van der Waals surface area contributed by atoms with Crippen LogP contribution in [0.1, 0.15) is 23.1 Å². The number of anilines is 1. The molecule has 0 bridgehead atoms. The average molecular weight is 376 g/mol. The Morgan fingerprint density at radius 2 is 1.93 bits per heavy atom. The molecule has 28 heavy (non-hydrogen) atoms. The van der Waals surface area contributed by atoms with Crippen LogP contribution in [0.25, 0.3) is 0 Å². The van der Waals surface area contributed by atoms with E-state index < -0.39 is 0 Å². The van der Waals surface area contributed by atoms with E-state index in [-0.39, 0.29) is 30.7 Å². The van der Waals surface area contributed by atoms with Gasteiger partial charge in [0, 0.05) is 24.2 Å². The first-order valence-electron chi connectivity index (χ1n) is 9.26. The first-order valence-corrected chi connectivity index (χ1v) is 9.26. The highest BCUT2D eigenvalue weighted by Gasteiger charge is 2.34. The first kappa shape index (κ1) is 19.5. The van der Waals surface area contributed by atoms with Gasteiger partial charge in [0.15, 0.2) is 0 Å². The van der Waals surface area contributed by atoms with Crippen LogP contribution in [0.15, 0.2) is 42.5 Å². The van der Waals surface area contributed by atoms with Gasteiger partial charge in [-0.15, -0.1) is 0 Å². The Morgan fingerprint density at radius 1 is 1.18 bits per heavy atom. The average Bonchev–Trinajstić information content (AvgIpc) is 3.09. The highest BCUT2D eigenvalue weighted by molar-refractivity contribution is 6.00. The molecule has 5 heteroatoms. The van der Waals surface area contributed by atoms with Crippen LogP contribution in [0.5, 0.6) is 5.75 Å². The summed E-state index contributed by atoms with van der Waals surface area (Å²) in [6, 6.07) is 13.3. The number of hydrogen-bond acceptors (Lipinski definition) is 3. The number of methoxy groups -OCH3 is 1. The van der Waals surface area contributed by atoms with Crippen molar-refractivity contribution in [2.24, 2.45) is 5.92 Å². The van der Waals surface area contributed by atoms with E-state index in [4.69, 9.17) is 4.74 Å². The van der Waals surface area contributed by atoms with Crippen LogP contribution in [-0.2, 0) is 9.59 Å². The Kier molecular flexibility index (Phi) is 6.00. The number of nitrogens with one attached hydrogen (secondary N) is 1. The van der Waals surface area contributed by atoms with Gasteiger partial charge < -0.3 is 15.0 Å². The van der Waals surface area contributed by atoms with Crippen molar-refractivity contribution in [3.8, 4) is 17.6 Å². The van der Waals surface area contributed by atoms with Crippen molar-refractivity contribution < 1.29 is 14.3 Å². The first-order chi connectivity index (χ1) is 13.5. The van der Waals surface area contributed by atoms with Crippen LogP contribution in [0.2, 0.25) is 0 Å². The van der Waals surface area contributed by atoms with Crippen molar-refractivity contribution in [1.82, 2.24) is 5.32 Å². The van der Waals surface area contributed by atoms with Gasteiger partial charge in [-0.05, 0) is 61.4 Å². The Balaban J connectivity index is 1.54. The quantitative estimate of drug-likeness (QED) is 0.835. The largest absolute Gasteiger partial charge is 0.497 e. The van der Waals surface area contributed by atoms with E-state index in [1.807, 2.05) is 56.3 Å². The summed E-state index contributed by atoms with van der Waals surface area (Å²) in [5.41, 5.74) is 4.02. The zero-order valence-corrected chi connectivity index (χ0v) is 16.4. The summed E-state index contributed by atoms with van der Waals surface area (Å²) < 4.78 is 5.11. The Labute approximate surface area is 165 Å². The van der Waals surface area contributed by atoms with E-state index in [1.54, 1.807) is 12.0 Å². The topological polar surface area (TPSA) is 58.6 Å². The highest BCUT2D eigenvalue weighted by Crippen LogP contribution is 2.26. The van der Waals surface area contributed by atoms with Crippen molar-refractivity contribution in [2.45, 2.75) is 20.3 Å². The summed E-state index contributed by atoms with van der Waals surface area (Å²) in [5.74, 6) is 6.21. The van der Waals surface area contributed by atoms with Gasteiger partial charge in [-0.3, -0.25) is 9.59 Å². The molecular weight excluding hydrogens is 352 g/mol. The van der Waals surface area contributed by atoms with E-state index >= 15 is 0 Å². The monoisotopic (exact) mass is 376 g/mol. The number of amides is 2. The third-order valence-corrected chi connectivity index (χ3v) is 4.97. The molecule has 3 rings (SSSR count). The molecule has 1 atom stereocenters. The molecule has 5 nitrogen and oxygen atoms in total. The van der Waals surface area contributed by atoms with Gasteiger partial charge in [-0.1, -0.05) is 17.9 Å². The van der Waals surface area contributed by atoms with E-state index in [2.05, 4.69) is 17.2 Å². The molecule has 0 aliphatic carbocycles. The van der Waals surface area contributed by atoms with Gasteiger partial charge in [-0.25, -0.2) is 0 Å². The Morgan fingerprint density at radius 3 is 2.61 bits per heavy atom. The number of carbonyl (C=O) groups excluding carboxylic acids is 2. The number of hydrogen-bond donors (Lipinski definition) is 1. The van der Waals surface area contributed by atoms with Crippen LogP contribution in [0.3, 0.4) is 0 Å². The Bertz CT molecular complexity index is 939. The minimum Gasteiger partial charge on any atom is -0.497 e. The fraction of sp³-hybridized carbons (Fsp3) is 0.304. The molecule has 1 aliphatic rings. The van der Waals surface area contributed by atoms with Crippen LogP contribution >= 0.6 is 0 Å². The van der Waals surface area contributed by atoms with Crippen LogP contribution in [0, 0.1) is 31.6 Å². The maximum Gasteiger partial charge on any atom is 0.227 e. The molecule has 2 aromatic rings. The van der Waals surface area contributed by atoms with E-state index in [1.165, 1.54) is 5.56 Å². The summed E-state index contributed by atoms with van der Waals surface area (Å²) >= 11 is 0. The van der Waals surface area contributed by atoms with Crippen molar-refractivity contribution in [3.63, 3.8) is 0 Å². The van der Waals surface area contributed by atoms with Gasteiger partial charge in [0.05, 0.1) is 19.6 Å². The fourth-order valence-electron chi connectivity index (χ4n) is 3.12. The number of carbonyl (C=O) groups is 2. The summed E-state index contributed by atoms with van der Waals surface area (Å²) in [4.78, 5) is 26.5. The molecule has 1 unspecified atom stereocenters. The highest BCUT2D eigenvalue weighted by atomic mass is 16.5. The molecule has 2 amide bonds. The van der Waals surface area contributed by atoms with Crippen molar-refractivity contribution >= 4 is 17.5 Å². The minimum atomic E-state index is -0.350. The number of aryl methyl sites for hydroxylation is 2. The summed E-state index contributed by atoms with van der Waals surface area (Å²) in [5, 5.41) is 2.81. The maximum atomic E-state index is 12.4. The van der Waals surface area contributed by atoms with Crippen LogP contribution in [-0.4, -0.2) is 32.0 Å². The molecule has 144 valence electrons. The molecule has 1 saturated heterocycles. The molecular formula is C23H24N2O3. The molecule has 2 aromatic carbocycles. The molecule has 1 fully saturated rings. The fourth-order valence-corrected chi connectivity index (χ4v) is 3.12. The lowest BCUT2D eigenvalue weighted by Crippen LogP contribution is -2.33. The number of nitrogens with zero attached hydrogens (tertiary/aromatic N) is 1. The second kappa shape index (κ2) is 8.62. The zero-order valence-electron chi connectivity index (χ0n) is 16.4. The predicted octanol–water partition coefficient (Wildman–Crippen LogP) is 2.83. The third kappa shape index (κ3) is 4.52. The molecule has 0 radical (unpaired) electrons. The number of benzene rings is 2. The van der Waals surface area contributed by atoms with Crippen molar-refractivity contribution in [1.29, 1.82) is 0 Å². The van der Waals surface area contributed by atoms with Crippen LogP contribution < -0.4 is 15.0 Å². The molecule has 0 spiro atoms. The van der Waals surface area contributed by atoms with Gasteiger partial charge >= 0.3 is 0 Å². The normalized spacial score (nSPS) is 15.8. The van der Waals surface area contributed by atoms with Gasteiger partial charge in [0.2, 0.25) is 11.8 Å². The summed E-state index contributed by atoms with van der Waals surface area (Å²) in [6.07, 6.45) is 0.227. The van der Waals surface area contributed by atoms with Crippen molar-refractivity contribution in [2.75, 3.05) is 25.1 Å². The van der Waals surface area contributed by atoms with E-state index in [0.29, 0.717) is 6.54 Å². The lowest BCUT2D eigenvalue weighted by molar-refractivity contribution is -0.126. The smallest absolute Gasteiger partial charge is 0.227 e. The molecule has 1 aliphatic heterocycles. The second-order valence-corrected chi connectivity index (χ2v) is 6.92. The molecule has 0 aromatic heterocycles. The summed E-state index contributed by atoms with van der Waals surface area (Å²) in [7, 11) is 1.62. The SMILES string of the molecule is COc1ccc(C#CCNC(=O)C2CC(=O)N(c3ccc(C)c(C)c3)C2)cc1. The molecule has 1 heterocycles. The van der Waals surface area contributed by atoms with Gasteiger partial charge in [0.25, 0.3) is 0 Å². The standard InChI is InChI=1S/C23H24N2O3/c1-16-6-9-20(13-17(16)2)25-15-19(14-22(25)26)23(27)24-12-4-5-18-7-10-21(28-3)11-8-18/h6-11,13,19H,12,14-15H2,1-3H3,(H,24,27). The third-order valence-electron chi connectivity index (χ3n) is 4.97. The van der Waals surface area contributed by atoms with Crippen molar-refractivity contribution in [3.05, 3.63) is 59.2 Å². The van der Waals surface area contributed by atoms with E-state index in [0.717, 1.165) is 22.6 Å². The second-order valence-electron chi connectivity index (χ2n) is 6.92. The number of ether oxygens (including phenoxy) is 1. The predicted molar refractivity (Wildman–Crippen MR) is 109 cm³/mol.